The Bertz CT molecular complexity index is 1270. The van der Waals surface area contributed by atoms with Crippen LogP contribution in [0.1, 0.15) is 32.0 Å². The summed E-state index contributed by atoms with van der Waals surface area (Å²) in [5.74, 6) is -1.61. The van der Waals surface area contributed by atoms with Crippen molar-refractivity contribution in [1.82, 2.24) is 20.6 Å². The van der Waals surface area contributed by atoms with Crippen LogP contribution < -0.4 is 20.3 Å². The molecule has 0 spiro atoms. The van der Waals surface area contributed by atoms with Gasteiger partial charge in [-0.15, -0.1) is 0 Å². The Morgan fingerprint density at radius 2 is 1.59 bits per heavy atom. The summed E-state index contributed by atoms with van der Waals surface area (Å²) in [6.07, 6.45) is -9.44. The second kappa shape index (κ2) is 8.28. The summed E-state index contributed by atoms with van der Waals surface area (Å²) in [5.41, 5.74) is -0.599. The Morgan fingerprint density at radius 1 is 0.882 bits per heavy atom. The minimum atomic E-state index is -5.17. The van der Waals surface area contributed by atoms with Crippen LogP contribution in [0.4, 0.5) is 26.3 Å². The van der Waals surface area contributed by atoms with E-state index in [0.29, 0.717) is 24.1 Å². The van der Waals surface area contributed by atoms with E-state index in [0.717, 1.165) is 12.1 Å². The maximum absolute atomic E-state index is 13.7. The maximum atomic E-state index is 13.7. The van der Waals surface area contributed by atoms with Gasteiger partial charge in [0.25, 0.3) is 11.8 Å². The zero-order valence-corrected chi connectivity index (χ0v) is 16.6. The molecule has 2 heterocycles. The average Bonchev–Trinajstić information content (AvgIpc) is 3.43. The molecule has 178 valence electrons. The molecule has 1 aliphatic rings. The number of rotatable bonds is 3. The van der Waals surface area contributed by atoms with Crippen molar-refractivity contribution >= 4 is 11.8 Å². The SMILES string of the molecule is O=C(NNC(=O)c1cnn(-c2cccc(C(F)(F)F)c2)c1C(F)(F)F)c1ccc2c(c1)OCO2. The van der Waals surface area contributed by atoms with E-state index in [1.54, 1.807) is 0 Å². The fourth-order valence-corrected chi connectivity index (χ4v) is 3.09. The Labute approximate surface area is 186 Å². The molecule has 2 aromatic carbocycles. The molecule has 0 atom stereocenters. The summed E-state index contributed by atoms with van der Waals surface area (Å²) in [5, 5.41) is 3.45. The van der Waals surface area contributed by atoms with E-state index >= 15 is 0 Å². The predicted molar refractivity (Wildman–Crippen MR) is 101 cm³/mol. The average molecular weight is 486 g/mol. The summed E-state index contributed by atoms with van der Waals surface area (Å²) >= 11 is 0. The van der Waals surface area contributed by atoms with Crippen molar-refractivity contribution < 1.29 is 45.4 Å². The second-order valence-corrected chi connectivity index (χ2v) is 6.84. The molecule has 0 aliphatic carbocycles. The van der Waals surface area contributed by atoms with E-state index in [9.17, 15) is 35.9 Å². The Kier molecular flexibility index (Phi) is 5.59. The molecular formula is C20H12F6N4O4. The first kappa shape index (κ1) is 22.9. The molecule has 0 saturated carbocycles. The number of alkyl halides is 6. The molecule has 8 nitrogen and oxygen atoms in total. The number of hydrogen-bond acceptors (Lipinski definition) is 5. The number of hydrogen-bond donors (Lipinski definition) is 2. The van der Waals surface area contributed by atoms with Gasteiger partial charge in [0.15, 0.2) is 17.2 Å². The summed E-state index contributed by atoms with van der Waals surface area (Å²) in [6.45, 7) is -0.0484. The quantitative estimate of drug-likeness (QED) is 0.435. The second-order valence-electron chi connectivity index (χ2n) is 6.84. The van der Waals surface area contributed by atoms with Gasteiger partial charge in [-0.1, -0.05) is 6.07 Å². The molecule has 0 fully saturated rings. The highest BCUT2D eigenvalue weighted by Gasteiger charge is 2.41. The van der Waals surface area contributed by atoms with Crippen molar-refractivity contribution in [3.63, 3.8) is 0 Å². The van der Waals surface area contributed by atoms with Gasteiger partial charge in [-0.3, -0.25) is 20.4 Å². The van der Waals surface area contributed by atoms with Gasteiger partial charge in [-0.25, -0.2) is 4.68 Å². The summed E-state index contributed by atoms with van der Waals surface area (Å²) < 4.78 is 90.5. The molecule has 0 bridgehead atoms. The lowest BCUT2D eigenvalue weighted by Gasteiger charge is -2.14. The monoisotopic (exact) mass is 486 g/mol. The Balaban J connectivity index is 1.58. The minimum absolute atomic E-state index is 0.0141. The van der Waals surface area contributed by atoms with Crippen molar-refractivity contribution in [2.75, 3.05) is 6.79 Å². The van der Waals surface area contributed by atoms with Crippen molar-refractivity contribution in [3.8, 4) is 17.2 Å². The van der Waals surface area contributed by atoms with E-state index in [1.807, 2.05) is 10.9 Å². The van der Waals surface area contributed by atoms with Crippen molar-refractivity contribution in [3.05, 3.63) is 71.0 Å². The first-order chi connectivity index (χ1) is 15.9. The number of amides is 2. The van der Waals surface area contributed by atoms with Gasteiger partial charge in [-0.05, 0) is 36.4 Å². The van der Waals surface area contributed by atoms with Gasteiger partial charge < -0.3 is 9.47 Å². The standard InChI is InChI=1S/C20H12F6N4O4/c21-19(22,23)11-2-1-3-12(7-11)30-16(20(24,25)26)13(8-27-30)18(32)29-28-17(31)10-4-5-14-15(6-10)34-9-33-14/h1-8H,9H2,(H,28,31)(H,29,32). The molecule has 34 heavy (non-hydrogen) atoms. The molecule has 2 N–H and O–H groups in total. The highest BCUT2D eigenvalue weighted by molar-refractivity contribution is 6.00. The first-order valence-corrected chi connectivity index (χ1v) is 9.28. The fourth-order valence-electron chi connectivity index (χ4n) is 3.09. The van der Waals surface area contributed by atoms with Crippen LogP contribution in [0.25, 0.3) is 5.69 Å². The van der Waals surface area contributed by atoms with Crippen LogP contribution in [-0.2, 0) is 12.4 Å². The number of fused-ring (bicyclic) bond motifs is 1. The van der Waals surface area contributed by atoms with Crippen LogP contribution in [0.2, 0.25) is 0 Å². The highest BCUT2D eigenvalue weighted by Crippen LogP contribution is 2.36. The summed E-state index contributed by atoms with van der Waals surface area (Å²) in [6, 6.07) is 7.09. The third-order valence-corrected chi connectivity index (χ3v) is 4.62. The third-order valence-electron chi connectivity index (χ3n) is 4.62. The molecule has 0 unspecified atom stereocenters. The van der Waals surface area contributed by atoms with Gasteiger partial charge >= 0.3 is 12.4 Å². The number of hydrazine groups is 1. The third kappa shape index (κ3) is 4.46. The van der Waals surface area contributed by atoms with Gasteiger partial charge in [0.1, 0.15) is 0 Å². The molecule has 4 rings (SSSR count). The number of nitrogens with zero attached hydrogens (tertiary/aromatic N) is 2. The van der Waals surface area contributed by atoms with Gasteiger partial charge in [0, 0.05) is 5.56 Å². The summed E-state index contributed by atoms with van der Waals surface area (Å²) in [4.78, 5) is 24.7. The Hall–Kier alpha value is -4.23. The number of aromatic nitrogens is 2. The lowest BCUT2D eigenvalue weighted by molar-refractivity contribution is -0.143. The summed E-state index contributed by atoms with van der Waals surface area (Å²) in [7, 11) is 0. The number of benzene rings is 2. The fraction of sp³-hybridized carbons (Fsp3) is 0.150. The largest absolute Gasteiger partial charge is 0.454 e. The van der Waals surface area contributed by atoms with E-state index in [2.05, 4.69) is 5.10 Å². The van der Waals surface area contributed by atoms with Gasteiger partial charge in [-0.2, -0.15) is 31.4 Å². The van der Waals surface area contributed by atoms with E-state index < -0.39 is 46.7 Å². The van der Waals surface area contributed by atoms with Crippen molar-refractivity contribution in [2.45, 2.75) is 12.4 Å². The number of ether oxygens (including phenoxy) is 2. The molecule has 0 saturated heterocycles. The van der Waals surface area contributed by atoms with Crippen LogP contribution in [-0.4, -0.2) is 28.4 Å². The van der Waals surface area contributed by atoms with Crippen LogP contribution in [0.15, 0.2) is 48.7 Å². The van der Waals surface area contributed by atoms with E-state index in [-0.39, 0.29) is 22.8 Å². The lowest BCUT2D eigenvalue weighted by atomic mass is 10.1. The van der Waals surface area contributed by atoms with E-state index in [1.165, 1.54) is 18.2 Å². The van der Waals surface area contributed by atoms with Gasteiger partial charge in [0.2, 0.25) is 6.79 Å². The van der Waals surface area contributed by atoms with Crippen LogP contribution in [0.5, 0.6) is 11.5 Å². The minimum Gasteiger partial charge on any atom is -0.454 e. The molecule has 1 aliphatic heterocycles. The lowest BCUT2D eigenvalue weighted by Crippen LogP contribution is -2.42. The van der Waals surface area contributed by atoms with Crippen LogP contribution in [0.3, 0.4) is 0 Å². The maximum Gasteiger partial charge on any atom is 0.434 e. The smallest absolute Gasteiger partial charge is 0.434 e. The first-order valence-electron chi connectivity index (χ1n) is 9.28. The zero-order chi connectivity index (χ0) is 24.7. The van der Waals surface area contributed by atoms with Crippen LogP contribution >= 0.6 is 0 Å². The normalized spacial score (nSPS) is 13.0. The molecule has 14 heteroatoms. The number of carbonyl (C=O) groups excluding carboxylic acids is 2. The molecule has 1 aromatic heterocycles. The molecule has 0 radical (unpaired) electrons. The molecule has 2 amide bonds. The number of nitrogens with one attached hydrogen (secondary N) is 2. The van der Waals surface area contributed by atoms with Crippen LogP contribution in [0, 0.1) is 0 Å². The topological polar surface area (TPSA) is 94.5 Å². The van der Waals surface area contributed by atoms with E-state index in [4.69, 9.17) is 9.47 Å². The zero-order valence-electron chi connectivity index (χ0n) is 16.6. The molecular weight excluding hydrogens is 474 g/mol. The predicted octanol–water partition coefficient (Wildman–Crippen LogP) is 3.71. The molecule has 3 aromatic rings. The van der Waals surface area contributed by atoms with Crippen molar-refractivity contribution in [1.29, 1.82) is 0 Å². The highest BCUT2D eigenvalue weighted by atomic mass is 19.4. The number of carbonyl (C=O) groups is 2. The van der Waals surface area contributed by atoms with Crippen molar-refractivity contribution in [2.24, 2.45) is 0 Å². The Morgan fingerprint density at radius 3 is 2.29 bits per heavy atom. The number of halogens is 6. The van der Waals surface area contributed by atoms with Gasteiger partial charge in [0.05, 0.1) is 23.0 Å².